The Morgan fingerprint density at radius 3 is 1.41 bits per heavy atom. The van der Waals surface area contributed by atoms with Crippen molar-refractivity contribution in [3.05, 3.63) is 0 Å². The molecule has 0 saturated heterocycles. The number of aliphatic hydroxyl groups excluding tert-OH is 1. The number of hydrogen-bond acceptors (Lipinski definition) is 4. The molecule has 2 atom stereocenters. The van der Waals surface area contributed by atoms with Crippen molar-refractivity contribution in [2.75, 3.05) is 0 Å². The smallest absolute Gasteiger partial charge is 0.748 e. The van der Waals surface area contributed by atoms with E-state index in [9.17, 15) is 18.1 Å². The van der Waals surface area contributed by atoms with Crippen LogP contribution < -0.4 is 29.6 Å². The molecule has 0 spiro atoms. The fourth-order valence-corrected chi connectivity index (χ4v) is 4.74. The third kappa shape index (κ3) is 21.9. The Bertz CT molecular complexity index is 429. The van der Waals surface area contributed by atoms with Crippen LogP contribution in [0.3, 0.4) is 0 Å². The first-order valence-corrected chi connectivity index (χ1v) is 13.5. The zero-order chi connectivity index (χ0) is 21.1. The van der Waals surface area contributed by atoms with E-state index in [0.717, 1.165) is 38.5 Å². The van der Waals surface area contributed by atoms with E-state index >= 15 is 0 Å². The van der Waals surface area contributed by atoms with Gasteiger partial charge in [0.25, 0.3) is 0 Å². The molecule has 0 aromatic rings. The van der Waals surface area contributed by atoms with Crippen LogP contribution in [-0.4, -0.2) is 29.4 Å². The molecule has 0 aromatic carbocycles. The summed E-state index contributed by atoms with van der Waals surface area (Å²) >= 11 is 0. The molecule has 0 fully saturated rings. The van der Waals surface area contributed by atoms with E-state index in [1.165, 1.54) is 57.8 Å². The van der Waals surface area contributed by atoms with Crippen molar-refractivity contribution >= 4 is 10.1 Å². The summed E-state index contributed by atoms with van der Waals surface area (Å²) in [5, 5.41) is 9.31. The summed E-state index contributed by atoms with van der Waals surface area (Å²) in [5.74, 6) is 0. The fourth-order valence-electron chi connectivity index (χ4n) is 3.82. The van der Waals surface area contributed by atoms with Gasteiger partial charge in [-0.1, -0.05) is 104 Å². The van der Waals surface area contributed by atoms with Crippen LogP contribution in [-0.2, 0) is 10.1 Å². The fraction of sp³-hybridized carbons (Fsp3) is 1.00. The zero-order valence-corrected chi connectivity index (χ0v) is 22.5. The van der Waals surface area contributed by atoms with Gasteiger partial charge in [-0.25, -0.2) is 8.42 Å². The molecule has 1 N–H and O–H groups in total. The summed E-state index contributed by atoms with van der Waals surface area (Å²) in [6.07, 6.45) is 19.0. The van der Waals surface area contributed by atoms with E-state index in [2.05, 4.69) is 13.8 Å². The largest absolute Gasteiger partial charge is 1.00 e. The molecule has 6 heteroatoms. The molecule has 2 unspecified atom stereocenters. The van der Waals surface area contributed by atoms with Crippen LogP contribution in [0.5, 0.6) is 0 Å². The van der Waals surface area contributed by atoms with Gasteiger partial charge < -0.3 is 9.66 Å². The first-order chi connectivity index (χ1) is 13.4. The summed E-state index contributed by atoms with van der Waals surface area (Å²) in [5.41, 5.74) is 0. The van der Waals surface area contributed by atoms with Gasteiger partial charge >= 0.3 is 29.6 Å². The minimum Gasteiger partial charge on any atom is -0.748 e. The van der Waals surface area contributed by atoms with Crippen LogP contribution in [0.4, 0.5) is 0 Å². The minimum atomic E-state index is -4.23. The summed E-state index contributed by atoms with van der Waals surface area (Å²) in [7, 11) is -4.23. The predicted octanol–water partition coefficient (Wildman–Crippen LogP) is 3.72. The van der Waals surface area contributed by atoms with E-state index in [1.807, 2.05) is 0 Å². The molecule has 0 aliphatic carbocycles. The summed E-state index contributed by atoms with van der Waals surface area (Å²) in [6.45, 7) is 4.41. The van der Waals surface area contributed by atoms with Gasteiger partial charge in [0, 0.05) is 5.25 Å². The third-order valence-electron chi connectivity index (χ3n) is 5.74. The molecule has 0 aromatic heterocycles. The normalized spacial score (nSPS) is 13.8. The topological polar surface area (TPSA) is 77.4 Å². The maximum absolute atomic E-state index is 11.5. The van der Waals surface area contributed by atoms with E-state index in [-0.39, 0.29) is 35.7 Å². The molecule has 0 amide bonds. The molecule has 4 nitrogen and oxygen atoms in total. The van der Waals surface area contributed by atoms with Crippen LogP contribution in [0.1, 0.15) is 136 Å². The van der Waals surface area contributed by atoms with Gasteiger partial charge in [0.15, 0.2) is 0 Å². The van der Waals surface area contributed by atoms with Gasteiger partial charge in [0.2, 0.25) is 0 Å². The van der Waals surface area contributed by atoms with Crippen LogP contribution in [0.25, 0.3) is 0 Å². The number of unbranched alkanes of at least 4 members (excludes halogenated alkanes) is 12. The minimum absolute atomic E-state index is 0. The number of rotatable bonds is 21. The summed E-state index contributed by atoms with van der Waals surface area (Å²) in [4.78, 5) is 0. The van der Waals surface area contributed by atoms with Gasteiger partial charge in [-0.05, 0) is 32.1 Å². The van der Waals surface area contributed by atoms with Gasteiger partial charge in [0.1, 0.15) is 0 Å². The SMILES string of the molecule is CCCCCCCCCCC(CCCC(O)CCCCCCCC)S(=O)(=O)[O-].[Na+]. The second kappa shape index (κ2) is 22.1. The van der Waals surface area contributed by atoms with E-state index < -0.39 is 15.4 Å². The molecule has 0 rings (SSSR count). The van der Waals surface area contributed by atoms with Crippen molar-refractivity contribution in [3.63, 3.8) is 0 Å². The summed E-state index contributed by atoms with van der Waals surface area (Å²) < 4.78 is 34.6. The summed E-state index contributed by atoms with van der Waals surface area (Å²) in [6, 6.07) is 0. The standard InChI is InChI=1S/C23H48O4S.Na/c1-3-5-7-9-11-12-14-16-20-23(28(25,26)27)21-17-19-22(24)18-15-13-10-8-6-4-2;/h22-24H,3-21H2,1-2H3,(H,25,26,27);/q;+1/p-1. The van der Waals surface area contributed by atoms with E-state index in [0.29, 0.717) is 25.7 Å². The quantitative estimate of drug-likeness (QED) is 0.167. The first kappa shape index (κ1) is 32.1. The van der Waals surface area contributed by atoms with Gasteiger partial charge in [-0.15, -0.1) is 0 Å². The Labute approximate surface area is 204 Å². The number of hydrogen-bond donors (Lipinski definition) is 1. The second-order valence-electron chi connectivity index (χ2n) is 8.52. The maximum atomic E-state index is 11.5. The molecule has 0 saturated carbocycles. The Balaban J connectivity index is 0. The Morgan fingerprint density at radius 1 is 0.621 bits per heavy atom. The van der Waals surface area contributed by atoms with Crippen LogP contribution in [0.2, 0.25) is 0 Å². The molecule has 0 aliphatic heterocycles. The van der Waals surface area contributed by atoms with E-state index in [4.69, 9.17) is 0 Å². The molecule has 0 heterocycles. The Hall–Kier alpha value is 0.870. The van der Waals surface area contributed by atoms with Crippen LogP contribution in [0, 0.1) is 0 Å². The monoisotopic (exact) mass is 442 g/mol. The van der Waals surface area contributed by atoms with Gasteiger partial charge in [-0.2, -0.15) is 0 Å². The van der Waals surface area contributed by atoms with Gasteiger partial charge in [-0.3, -0.25) is 0 Å². The van der Waals surface area contributed by atoms with Crippen molar-refractivity contribution in [2.45, 2.75) is 147 Å². The third-order valence-corrected chi connectivity index (χ3v) is 7.03. The molecular formula is C23H47NaO4S. The first-order valence-electron chi connectivity index (χ1n) is 12.0. The molecule has 0 bridgehead atoms. The van der Waals surface area contributed by atoms with Crippen molar-refractivity contribution in [3.8, 4) is 0 Å². The van der Waals surface area contributed by atoms with Gasteiger partial charge in [0.05, 0.1) is 16.2 Å². The average molecular weight is 443 g/mol. The molecular weight excluding hydrogens is 395 g/mol. The van der Waals surface area contributed by atoms with Crippen molar-refractivity contribution in [1.29, 1.82) is 0 Å². The molecule has 0 aliphatic rings. The zero-order valence-electron chi connectivity index (χ0n) is 19.7. The Morgan fingerprint density at radius 2 is 0.966 bits per heavy atom. The second-order valence-corrected chi connectivity index (χ2v) is 10.2. The molecule has 170 valence electrons. The Kier molecular flexibility index (Phi) is 24.4. The van der Waals surface area contributed by atoms with E-state index in [1.54, 1.807) is 0 Å². The van der Waals surface area contributed by atoms with Crippen LogP contribution in [0.15, 0.2) is 0 Å². The predicted molar refractivity (Wildman–Crippen MR) is 119 cm³/mol. The van der Waals surface area contributed by atoms with Crippen LogP contribution >= 0.6 is 0 Å². The van der Waals surface area contributed by atoms with Crippen molar-refractivity contribution in [1.82, 2.24) is 0 Å². The number of aliphatic hydroxyl groups is 1. The molecule has 29 heavy (non-hydrogen) atoms. The van der Waals surface area contributed by atoms with Crippen molar-refractivity contribution < 1.29 is 47.6 Å². The maximum Gasteiger partial charge on any atom is 1.00 e. The average Bonchev–Trinajstić information content (AvgIpc) is 2.64. The molecule has 0 radical (unpaired) electrons. The van der Waals surface area contributed by atoms with Crippen molar-refractivity contribution in [2.24, 2.45) is 0 Å².